The summed E-state index contributed by atoms with van der Waals surface area (Å²) < 4.78 is 200. The van der Waals surface area contributed by atoms with Crippen molar-refractivity contribution in [3.8, 4) is 0 Å². The molecule has 0 bridgehead atoms. The molecule has 0 unspecified atom stereocenters. The second-order valence-corrected chi connectivity index (χ2v) is 9.72. The van der Waals surface area contributed by atoms with E-state index in [4.69, 9.17) is 9.05 Å². The molecule has 0 heterocycles. The lowest BCUT2D eigenvalue weighted by atomic mass is 9.93. The zero-order valence-electron chi connectivity index (χ0n) is 19.6. The van der Waals surface area contributed by atoms with Crippen LogP contribution >= 0.6 is 7.82 Å². The molecule has 18 heteroatoms. The van der Waals surface area contributed by atoms with E-state index in [9.17, 15) is 61.6 Å². The molecule has 0 fully saturated rings. The molecule has 40 heavy (non-hydrogen) atoms. The van der Waals surface area contributed by atoms with E-state index in [1.54, 1.807) is 12.1 Å². The Kier molecular flexibility index (Phi) is 10.0. The van der Waals surface area contributed by atoms with Gasteiger partial charge in [0.2, 0.25) is 0 Å². The number of rotatable bonds is 14. The molecule has 0 aromatic heterocycles. The standard InChI is InChI=1S/C22H18F13O4P/c23-17(24,18(25,26)19(27,28)20(29,30)21(31,32)22(33,34)35)11-12-37-40(36,38-13-15-7-3-1-4-8-15)39-14-16-9-5-2-6-10-16/h1-10H,11-14H2. The highest BCUT2D eigenvalue weighted by molar-refractivity contribution is 7.48. The molecule has 4 nitrogen and oxygen atoms in total. The Hall–Kier alpha value is -2.36. The van der Waals surface area contributed by atoms with Gasteiger partial charge in [0.1, 0.15) is 0 Å². The molecular formula is C22H18F13O4P. The lowest BCUT2D eigenvalue weighted by molar-refractivity contribution is -0.440. The van der Waals surface area contributed by atoms with Gasteiger partial charge in [0, 0.05) is 6.42 Å². The maximum atomic E-state index is 14.0. The van der Waals surface area contributed by atoms with E-state index in [0.717, 1.165) is 0 Å². The van der Waals surface area contributed by atoms with Crippen molar-refractivity contribution in [2.75, 3.05) is 6.61 Å². The fourth-order valence-corrected chi connectivity index (χ4v) is 3.96. The summed E-state index contributed by atoms with van der Waals surface area (Å²) >= 11 is 0. The van der Waals surface area contributed by atoms with Gasteiger partial charge >= 0.3 is 43.6 Å². The zero-order chi connectivity index (χ0) is 30.7. The van der Waals surface area contributed by atoms with Crippen LogP contribution in [0.25, 0.3) is 0 Å². The maximum absolute atomic E-state index is 14.0. The van der Waals surface area contributed by atoms with Crippen molar-refractivity contribution in [1.82, 2.24) is 0 Å². The van der Waals surface area contributed by atoms with Gasteiger partial charge in [0.05, 0.1) is 19.8 Å². The Morgan fingerprint density at radius 1 is 0.525 bits per heavy atom. The number of alkyl halides is 13. The Labute approximate surface area is 217 Å². The first-order valence-electron chi connectivity index (χ1n) is 10.7. The van der Waals surface area contributed by atoms with Crippen molar-refractivity contribution in [2.45, 2.75) is 55.4 Å². The van der Waals surface area contributed by atoms with Crippen LogP contribution in [0, 0.1) is 0 Å². The van der Waals surface area contributed by atoms with Crippen LogP contribution < -0.4 is 0 Å². The van der Waals surface area contributed by atoms with E-state index in [2.05, 4.69) is 4.52 Å². The van der Waals surface area contributed by atoms with Gasteiger partial charge in [-0.3, -0.25) is 13.6 Å². The van der Waals surface area contributed by atoms with Crippen LogP contribution in [-0.2, 0) is 31.4 Å². The molecule has 0 N–H and O–H groups in total. The highest BCUT2D eigenvalue weighted by Gasteiger charge is 2.90. The number of halogens is 13. The summed E-state index contributed by atoms with van der Waals surface area (Å²) in [5, 5.41) is 0. The molecular weight excluding hydrogens is 606 g/mol. The molecule has 2 aromatic rings. The van der Waals surface area contributed by atoms with E-state index in [1.807, 2.05) is 0 Å². The molecule has 0 aliphatic carbocycles. The molecule has 0 atom stereocenters. The largest absolute Gasteiger partial charge is 0.475 e. The third kappa shape index (κ3) is 6.92. The van der Waals surface area contributed by atoms with Gasteiger partial charge < -0.3 is 0 Å². The van der Waals surface area contributed by atoms with E-state index >= 15 is 0 Å². The van der Waals surface area contributed by atoms with Crippen molar-refractivity contribution in [1.29, 1.82) is 0 Å². The van der Waals surface area contributed by atoms with Crippen LogP contribution in [0.15, 0.2) is 60.7 Å². The summed E-state index contributed by atoms with van der Waals surface area (Å²) in [5.74, 6) is -37.7. The summed E-state index contributed by atoms with van der Waals surface area (Å²) in [6, 6.07) is 14.8. The predicted octanol–water partition coefficient (Wildman–Crippen LogP) is 8.67. The van der Waals surface area contributed by atoms with E-state index < -0.39 is 69.9 Å². The Balaban J connectivity index is 2.22. The first kappa shape index (κ1) is 33.8. The van der Waals surface area contributed by atoms with E-state index in [-0.39, 0.29) is 0 Å². The normalized spacial score (nSPS) is 14.4. The van der Waals surface area contributed by atoms with Gasteiger partial charge in [-0.15, -0.1) is 0 Å². The summed E-state index contributed by atoms with van der Waals surface area (Å²) in [6.45, 7) is -3.12. The van der Waals surface area contributed by atoms with Crippen LogP contribution in [0.1, 0.15) is 17.5 Å². The lowest BCUT2D eigenvalue weighted by Gasteiger charge is -2.39. The van der Waals surface area contributed by atoms with Crippen molar-refractivity contribution >= 4 is 7.82 Å². The molecule has 0 aliphatic rings. The monoisotopic (exact) mass is 624 g/mol. The fraction of sp³-hybridized carbons (Fsp3) is 0.455. The summed E-state index contributed by atoms with van der Waals surface area (Å²) in [4.78, 5) is 0. The Morgan fingerprint density at radius 3 is 1.27 bits per heavy atom. The van der Waals surface area contributed by atoms with Crippen LogP contribution in [0.3, 0.4) is 0 Å². The van der Waals surface area contributed by atoms with Gasteiger partial charge in [0.25, 0.3) is 0 Å². The quantitative estimate of drug-likeness (QED) is 0.156. The number of phosphoric acid groups is 1. The SMILES string of the molecule is O=P(OCCC(F)(F)C(F)(F)C(F)(F)C(F)(F)C(F)(F)C(F)(F)F)(OCc1ccccc1)OCc1ccccc1. The van der Waals surface area contributed by atoms with E-state index in [1.165, 1.54) is 48.5 Å². The average Bonchev–Trinajstić information content (AvgIpc) is 2.86. The van der Waals surface area contributed by atoms with Crippen LogP contribution in [0.2, 0.25) is 0 Å². The number of phosphoric ester groups is 1. The van der Waals surface area contributed by atoms with Crippen molar-refractivity contribution < 1.29 is 75.2 Å². The molecule has 0 saturated carbocycles. The molecule has 226 valence electrons. The molecule has 2 aromatic carbocycles. The average molecular weight is 624 g/mol. The topological polar surface area (TPSA) is 44.8 Å². The molecule has 2 rings (SSSR count). The molecule has 0 amide bonds. The lowest BCUT2D eigenvalue weighted by Crippen LogP contribution is -2.70. The predicted molar refractivity (Wildman–Crippen MR) is 111 cm³/mol. The third-order valence-corrected chi connectivity index (χ3v) is 6.52. The highest BCUT2D eigenvalue weighted by Crippen LogP contribution is 2.61. The number of hydrogen-bond acceptors (Lipinski definition) is 4. The van der Waals surface area contributed by atoms with Gasteiger partial charge in [-0.05, 0) is 11.1 Å². The zero-order valence-corrected chi connectivity index (χ0v) is 20.5. The van der Waals surface area contributed by atoms with Crippen molar-refractivity contribution in [3.05, 3.63) is 71.8 Å². The first-order chi connectivity index (χ1) is 18.1. The Bertz CT molecular complexity index is 1090. The minimum absolute atomic E-state index is 0.305. The van der Waals surface area contributed by atoms with Crippen LogP contribution in [0.4, 0.5) is 57.1 Å². The Morgan fingerprint density at radius 2 is 0.900 bits per heavy atom. The third-order valence-electron chi connectivity index (χ3n) is 5.13. The van der Waals surface area contributed by atoms with Gasteiger partial charge in [-0.2, -0.15) is 57.1 Å². The second-order valence-electron chi connectivity index (χ2n) is 8.05. The minimum Gasteiger partial charge on any atom is -0.287 e. The minimum atomic E-state index is -8.01. The van der Waals surface area contributed by atoms with Gasteiger partial charge in [0.15, 0.2) is 0 Å². The summed E-state index contributed by atoms with van der Waals surface area (Å²) in [6.07, 6.45) is -10.2. The highest BCUT2D eigenvalue weighted by atomic mass is 31.2. The van der Waals surface area contributed by atoms with Crippen molar-refractivity contribution in [3.63, 3.8) is 0 Å². The molecule has 0 radical (unpaired) electrons. The van der Waals surface area contributed by atoms with E-state index in [0.29, 0.717) is 11.1 Å². The molecule has 0 saturated heterocycles. The molecule has 0 aliphatic heterocycles. The number of benzene rings is 2. The van der Waals surface area contributed by atoms with Gasteiger partial charge in [-0.1, -0.05) is 60.7 Å². The second kappa shape index (κ2) is 11.9. The first-order valence-corrected chi connectivity index (χ1v) is 12.1. The van der Waals surface area contributed by atoms with Crippen LogP contribution in [-0.4, -0.2) is 42.4 Å². The van der Waals surface area contributed by atoms with Crippen molar-refractivity contribution in [2.24, 2.45) is 0 Å². The smallest absolute Gasteiger partial charge is 0.287 e. The fourth-order valence-electron chi connectivity index (χ4n) is 2.81. The number of hydrogen-bond donors (Lipinski definition) is 0. The van der Waals surface area contributed by atoms with Gasteiger partial charge in [-0.25, -0.2) is 4.57 Å². The maximum Gasteiger partial charge on any atom is 0.475 e. The summed E-state index contributed by atoms with van der Waals surface area (Å²) in [7, 11) is -4.99. The van der Waals surface area contributed by atoms with Crippen LogP contribution in [0.5, 0.6) is 0 Å². The summed E-state index contributed by atoms with van der Waals surface area (Å²) in [5.41, 5.74) is 0.609. The molecule has 0 spiro atoms.